The lowest BCUT2D eigenvalue weighted by molar-refractivity contribution is -0.138. The van der Waals surface area contributed by atoms with Crippen LogP contribution in [0.15, 0.2) is 65.4 Å². The van der Waals surface area contributed by atoms with Gasteiger partial charge in [0.2, 0.25) is 0 Å². The number of carboxylic acids is 1. The Morgan fingerprint density at radius 3 is 2.21 bits per heavy atom. The van der Waals surface area contributed by atoms with Gasteiger partial charge in [-0.3, -0.25) is 9.69 Å². The predicted molar refractivity (Wildman–Crippen MR) is 176 cm³/mol. The maximum absolute atomic E-state index is 11.6. The number of carboxylic acid groups (broad SMARTS) is 1. The molecule has 42 heavy (non-hydrogen) atoms. The molecule has 0 saturated heterocycles. The molecule has 224 valence electrons. The van der Waals surface area contributed by atoms with Gasteiger partial charge in [-0.25, -0.2) is 4.98 Å². The molecule has 0 aliphatic heterocycles. The van der Waals surface area contributed by atoms with Gasteiger partial charge in [-0.2, -0.15) is 0 Å². The van der Waals surface area contributed by atoms with E-state index in [-0.39, 0.29) is 12.0 Å². The lowest BCUT2D eigenvalue weighted by atomic mass is 9.90. The van der Waals surface area contributed by atoms with E-state index in [0.29, 0.717) is 25.6 Å². The molecule has 2 aromatic carbocycles. The van der Waals surface area contributed by atoms with Crippen LogP contribution in [0.25, 0.3) is 11.1 Å². The summed E-state index contributed by atoms with van der Waals surface area (Å²) >= 11 is 3.26. The summed E-state index contributed by atoms with van der Waals surface area (Å²) < 4.78 is 6.08. The van der Waals surface area contributed by atoms with Crippen LogP contribution in [0, 0.1) is 0 Å². The Kier molecular flexibility index (Phi) is 11.4. The second-order valence-corrected chi connectivity index (χ2v) is 14.0. The number of carbonyl (C=O) groups is 1. The Labute approximate surface area is 259 Å². The van der Waals surface area contributed by atoms with Gasteiger partial charge >= 0.3 is 5.97 Å². The van der Waals surface area contributed by atoms with Crippen molar-refractivity contribution in [3.05, 3.63) is 92.1 Å². The average Bonchev–Trinajstić information content (AvgIpc) is 3.62. The number of hydrogen-bond donors (Lipinski definition) is 1. The van der Waals surface area contributed by atoms with Crippen molar-refractivity contribution in [1.29, 1.82) is 0 Å². The van der Waals surface area contributed by atoms with Gasteiger partial charge in [0.15, 0.2) is 0 Å². The van der Waals surface area contributed by atoms with Crippen LogP contribution in [0.5, 0.6) is 5.75 Å². The van der Waals surface area contributed by atoms with E-state index in [9.17, 15) is 9.90 Å². The van der Waals surface area contributed by atoms with Crippen molar-refractivity contribution >= 4 is 28.6 Å². The van der Waals surface area contributed by atoms with Gasteiger partial charge in [-0.15, -0.1) is 22.7 Å². The molecule has 0 fully saturated rings. The van der Waals surface area contributed by atoms with Crippen LogP contribution >= 0.6 is 22.7 Å². The van der Waals surface area contributed by atoms with Crippen LogP contribution in [0.4, 0.5) is 0 Å². The van der Waals surface area contributed by atoms with Crippen LogP contribution in [0.1, 0.15) is 92.9 Å². The molecule has 5 nitrogen and oxygen atoms in total. The third-order valence-electron chi connectivity index (χ3n) is 7.39. The van der Waals surface area contributed by atoms with Crippen LogP contribution in [-0.4, -0.2) is 27.5 Å². The molecular weight excluding hydrogens is 561 g/mol. The van der Waals surface area contributed by atoms with Gasteiger partial charge in [-0.1, -0.05) is 83.9 Å². The van der Waals surface area contributed by atoms with Crippen molar-refractivity contribution in [3.8, 4) is 16.9 Å². The Morgan fingerprint density at radius 1 is 0.929 bits per heavy atom. The molecule has 0 amide bonds. The minimum Gasteiger partial charge on any atom is -0.489 e. The third kappa shape index (κ3) is 9.25. The SMILES string of the molecule is CCCC(CCC)c1ccc(OCc2ccc(-c3csc(CN(CC(=O)O)Cc4nc(C(C)(C)C)cs4)c3)cc2)cc1. The zero-order valence-electron chi connectivity index (χ0n) is 25.6. The summed E-state index contributed by atoms with van der Waals surface area (Å²) in [7, 11) is 0. The molecule has 0 aliphatic carbocycles. The molecule has 1 N–H and O–H groups in total. The third-order valence-corrected chi connectivity index (χ3v) is 9.14. The maximum atomic E-state index is 11.6. The Balaban J connectivity index is 1.34. The highest BCUT2D eigenvalue weighted by Gasteiger charge is 2.20. The number of thiazole rings is 1. The van der Waals surface area contributed by atoms with Crippen LogP contribution in [0.2, 0.25) is 0 Å². The molecule has 7 heteroatoms. The molecule has 0 radical (unpaired) electrons. The molecule has 0 unspecified atom stereocenters. The fraction of sp³-hybridized carbons (Fsp3) is 0.429. The van der Waals surface area contributed by atoms with Crippen molar-refractivity contribution in [2.75, 3.05) is 6.54 Å². The highest BCUT2D eigenvalue weighted by molar-refractivity contribution is 7.10. The quantitative estimate of drug-likeness (QED) is 0.146. The van der Waals surface area contributed by atoms with Crippen molar-refractivity contribution in [3.63, 3.8) is 0 Å². The molecule has 4 aromatic rings. The van der Waals surface area contributed by atoms with E-state index < -0.39 is 5.97 Å². The normalized spacial score (nSPS) is 11.9. The number of thiophene rings is 1. The molecular formula is C35H44N2O3S2. The minimum atomic E-state index is -0.828. The molecule has 4 rings (SSSR count). The smallest absolute Gasteiger partial charge is 0.317 e. The fourth-order valence-electron chi connectivity index (χ4n) is 5.08. The zero-order chi connectivity index (χ0) is 30.1. The second kappa shape index (κ2) is 14.9. The number of rotatable bonds is 15. The fourth-order valence-corrected chi connectivity index (χ4v) is 7.08. The molecule has 0 atom stereocenters. The molecule has 0 bridgehead atoms. The molecule has 0 saturated carbocycles. The number of ether oxygens (including phenoxy) is 1. The molecule has 2 aromatic heterocycles. The molecule has 0 aliphatic rings. The van der Waals surface area contributed by atoms with E-state index in [0.717, 1.165) is 38.0 Å². The van der Waals surface area contributed by atoms with Crippen LogP contribution in [0.3, 0.4) is 0 Å². The maximum Gasteiger partial charge on any atom is 0.317 e. The number of hydrogen-bond acceptors (Lipinski definition) is 6. The lowest BCUT2D eigenvalue weighted by Gasteiger charge is -2.18. The Bertz CT molecular complexity index is 1400. The zero-order valence-corrected chi connectivity index (χ0v) is 27.2. The number of aliphatic carboxylic acids is 1. The van der Waals surface area contributed by atoms with Gasteiger partial charge in [0.25, 0.3) is 0 Å². The first-order valence-corrected chi connectivity index (χ1v) is 16.7. The highest BCUT2D eigenvalue weighted by Crippen LogP contribution is 2.30. The van der Waals surface area contributed by atoms with E-state index in [1.54, 1.807) is 22.7 Å². The monoisotopic (exact) mass is 604 g/mol. The van der Waals surface area contributed by atoms with Crippen molar-refractivity contribution < 1.29 is 14.6 Å². The first-order valence-electron chi connectivity index (χ1n) is 14.9. The van der Waals surface area contributed by atoms with E-state index in [1.165, 1.54) is 31.2 Å². The Morgan fingerprint density at radius 2 is 1.62 bits per heavy atom. The topological polar surface area (TPSA) is 62.7 Å². The summed E-state index contributed by atoms with van der Waals surface area (Å²) in [5.74, 6) is 0.708. The molecule has 0 spiro atoms. The van der Waals surface area contributed by atoms with E-state index in [2.05, 4.69) is 100.0 Å². The van der Waals surface area contributed by atoms with Gasteiger partial charge in [0.1, 0.15) is 17.4 Å². The average molecular weight is 605 g/mol. The van der Waals surface area contributed by atoms with Crippen molar-refractivity contribution in [2.45, 2.75) is 91.3 Å². The van der Waals surface area contributed by atoms with Crippen LogP contribution < -0.4 is 4.74 Å². The summed E-state index contributed by atoms with van der Waals surface area (Å²) in [5, 5.41) is 14.7. The number of aromatic nitrogens is 1. The first-order chi connectivity index (χ1) is 20.1. The first kappa shape index (κ1) is 31.9. The van der Waals surface area contributed by atoms with E-state index >= 15 is 0 Å². The van der Waals surface area contributed by atoms with E-state index in [1.807, 2.05) is 4.90 Å². The summed E-state index contributed by atoms with van der Waals surface area (Å²) in [4.78, 5) is 19.4. The number of benzene rings is 2. The highest BCUT2D eigenvalue weighted by atomic mass is 32.1. The summed E-state index contributed by atoms with van der Waals surface area (Å²) in [6.07, 6.45) is 4.89. The standard InChI is InChI=1S/C35H44N2O3S2/c1-6-8-26(9-7-2)27-14-16-30(17-15-27)40-22-25-10-12-28(13-11-25)29-18-31(41-23-29)19-37(21-34(38)39)20-33-36-32(24-42-33)35(3,4)5/h10-18,23-24,26H,6-9,19-22H2,1-5H3,(H,38,39). The van der Waals surface area contributed by atoms with Gasteiger partial charge in [0.05, 0.1) is 18.8 Å². The Hall–Kier alpha value is -3.00. The van der Waals surface area contributed by atoms with Crippen molar-refractivity contribution in [1.82, 2.24) is 9.88 Å². The largest absolute Gasteiger partial charge is 0.489 e. The predicted octanol–water partition coefficient (Wildman–Crippen LogP) is 9.52. The van der Waals surface area contributed by atoms with E-state index in [4.69, 9.17) is 9.72 Å². The summed E-state index contributed by atoms with van der Waals surface area (Å²) in [6, 6.07) is 19.3. The van der Waals surface area contributed by atoms with Crippen LogP contribution in [-0.2, 0) is 29.9 Å². The minimum absolute atomic E-state index is 0.0196. The van der Waals surface area contributed by atoms with Gasteiger partial charge in [-0.05, 0) is 64.6 Å². The van der Waals surface area contributed by atoms with Gasteiger partial charge in [0, 0.05) is 22.2 Å². The summed E-state index contributed by atoms with van der Waals surface area (Å²) in [5.41, 5.74) is 5.85. The molecule has 2 heterocycles. The number of nitrogens with zero attached hydrogens (tertiary/aromatic N) is 2. The van der Waals surface area contributed by atoms with Crippen molar-refractivity contribution in [2.24, 2.45) is 0 Å². The lowest BCUT2D eigenvalue weighted by Crippen LogP contribution is -2.28. The summed E-state index contributed by atoms with van der Waals surface area (Å²) in [6.45, 7) is 12.5. The second-order valence-electron chi connectivity index (χ2n) is 12.0. The van der Waals surface area contributed by atoms with Gasteiger partial charge < -0.3 is 9.84 Å².